The first kappa shape index (κ1) is 6.99. The van der Waals surface area contributed by atoms with E-state index in [4.69, 9.17) is 0 Å². The Hall–Kier alpha value is -1.12. The summed E-state index contributed by atoms with van der Waals surface area (Å²) in [5, 5.41) is 6.61. The molecule has 3 nitrogen and oxygen atoms in total. The van der Waals surface area contributed by atoms with Crippen molar-refractivity contribution in [3.63, 3.8) is 0 Å². The maximum absolute atomic E-state index is 10.6. The summed E-state index contributed by atoms with van der Waals surface area (Å²) < 4.78 is 0. The fraction of sp³-hybridized carbons (Fsp3) is 0.429. The Balaban J connectivity index is 2.74. The van der Waals surface area contributed by atoms with Gasteiger partial charge < -0.3 is 0 Å². The summed E-state index contributed by atoms with van der Waals surface area (Å²) in [5.41, 5.74) is 1.91. The summed E-state index contributed by atoms with van der Waals surface area (Å²) in [6.07, 6.45) is 2.23. The number of hydrogen-bond donors (Lipinski definition) is 1. The molecule has 0 aliphatic heterocycles. The van der Waals surface area contributed by atoms with Gasteiger partial charge in [0.25, 0.3) is 0 Å². The fourth-order valence-electron chi connectivity index (χ4n) is 0.793. The number of aromatic nitrogens is 2. The van der Waals surface area contributed by atoms with Crippen molar-refractivity contribution in [3.05, 3.63) is 17.5 Å². The zero-order valence-electron chi connectivity index (χ0n) is 6.14. The second-order valence-electron chi connectivity index (χ2n) is 2.39. The number of carbonyl (C=O) groups is 1. The van der Waals surface area contributed by atoms with E-state index in [9.17, 15) is 4.79 Å². The van der Waals surface area contributed by atoms with Crippen LogP contribution in [-0.2, 0) is 11.2 Å². The van der Waals surface area contributed by atoms with Gasteiger partial charge in [0.05, 0.1) is 12.1 Å². The van der Waals surface area contributed by atoms with Crippen LogP contribution in [0, 0.1) is 6.92 Å². The highest BCUT2D eigenvalue weighted by Crippen LogP contribution is 2.02. The number of ketones is 1. The summed E-state index contributed by atoms with van der Waals surface area (Å²) >= 11 is 0. The smallest absolute Gasteiger partial charge is 0.135 e. The number of nitrogens with zero attached hydrogens (tertiary/aromatic N) is 1. The minimum atomic E-state index is 0.148. The van der Waals surface area contributed by atoms with E-state index in [0.29, 0.717) is 6.42 Å². The largest absolute Gasteiger partial charge is 0.300 e. The molecule has 1 heterocycles. The first-order valence-electron chi connectivity index (χ1n) is 3.19. The molecule has 0 aromatic carbocycles. The fourth-order valence-corrected chi connectivity index (χ4v) is 0.793. The molecule has 0 radical (unpaired) electrons. The molecule has 1 N–H and O–H groups in total. The normalized spacial score (nSPS) is 9.80. The lowest BCUT2D eigenvalue weighted by Crippen LogP contribution is -1.97. The summed E-state index contributed by atoms with van der Waals surface area (Å²) in [5.74, 6) is 0.148. The third-order valence-corrected chi connectivity index (χ3v) is 1.35. The topological polar surface area (TPSA) is 45.8 Å². The Bertz CT molecular complexity index is 240. The van der Waals surface area contributed by atoms with Gasteiger partial charge in [-0.15, -0.1) is 0 Å². The Kier molecular flexibility index (Phi) is 1.85. The van der Waals surface area contributed by atoms with Crippen LogP contribution in [0.4, 0.5) is 0 Å². The third kappa shape index (κ3) is 1.43. The molecule has 0 unspecified atom stereocenters. The van der Waals surface area contributed by atoms with Gasteiger partial charge in [-0.25, -0.2) is 0 Å². The van der Waals surface area contributed by atoms with Crippen LogP contribution in [0.2, 0.25) is 0 Å². The van der Waals surface area contributed by atoms with Crippen LogP contribution in [0.25, 0.3) is 0 Å². The quantitative estimate of drug-likeness (QED) is 0.658. The number of H-pyrrole nitrogens is 1. The standard InChI is InChI=1S/C7H10N2O/c1-5-4-8-9-7(5)3-6(2)10/h4H,3H2,1-2H3,(H,8,9). The minimum absolute atomic E-state index is 0.148. The average Bonchev–Trinajstić information content (AvgIpc) is 2.15. The lowest BCUT2D eigenvalue weighted by atomic mass is 10.2. The van der Waals surface area contributed by atoms with Crippen molar-refractivity contribution in [2.45, 2.75) is 20.3 Å². The van der Waals surface area contributed by atoms with E-state index in [1.165, 1.54) is 0 Å². The Morgan fingerprint density at radius 3 is 2.90 bits per heavy atom. The molecule has 1 aromatic heterocycles. The Morgan fingerprint density at radius 1 is 1.80 bits per heavy atom. The van der Waals surface area contributed by atoms with Crippen LogP contribution in [0.5, 0.6) is 0 Å². The monoisotopic (exact) mass is 138 g/mol. The molecular weight excluding hydrogens is 128 g/mol. The SMILES string of the molecule is CC(=O)Cc1n[nH]cc1C. The van der Waals surface area contributed by atoms with Crippen molar-refractivity contribution < 1.29 is 4.79 Å². The van der Waals surface area contributed by atoms with Crippen molar-refractivity contribution in [2.75, 3.05) is 0 Å². The number of Topliss-reactive ketones (excluding diaryl/α,β-unsaturated/α-hetero) is 1. The zero-order chi connectivity index (χ0) is 7.56. The van der Waals surface area contributed by atoms with Gasteiger partial charge in [0.1, 0.15) is 5.78 Å². The number of hydrogen-bond acceptors (Lipinski definition) is 2. The minimum Gasteiger partial charge on any atom is -0.300 e. The van der Waals surface area contributed by atoms with Crippen molar-refractivity contribution in [3.8, 4) is 0 Å². The molecule has 0 fully saturated rings. The van der Waals surface area contributed by atoms with Crippen molar-refractivity contribution in [1.29, 1.82) is 0 Å². The van der Waals surface area contributed by atoms with E-state index in [0.717, 1.165) is 11.3 Å². The van der Waals surface area contributed by atoms with Gasteiger partial charge in [-0.05, 0) is 19.4 Å². The molecule has 0 saturated heterocycles. The van der Waals surface area contributed by atoms with Crippen molar-refractivity contribution in [2.24, 2.45) is 0 Å². The number of aromatic amines is 1. The molecule has 54 valence electrons. The molecule has 1 aromatic rings. The molecule has 10 heavy (non-hydrogen) atoms. The molecule has 0 atom stereocenters. The summed E-state index contributed by atoms with van der Waals surface area (Å²) in [7, 11) is 0. The summed E-state index contributed by atoms with van der Waals surface area (Å²) in [4.78, 5) is 10.6. The van der Waals surface area contributed by atoms with Gasteiger partial charge in [-0.2, -0.15) is 5.10 Å². The highest BCUT2D eigenvalue weighted by Gasteiger charge is 2.02. The van der Waals surface area contributed by atoms with Crippen LogP contribution < -0.4 is 0 Å². The zero-order valence-corrected chi connectivity index (χ0v) is 6.14. The van der Waals surface area contributed by atoms with E-state index >= 15 is 0 Å². The number of carbonyl (C=O) groups excluding carboxylic acids is 1. The molecule has 0 bridgehead atoms. The highest BCUT2D eigenvalue weighted by atomic mass is 16.1. The maximum atomic E-state index is 10.6. The number of rotatable bonds is 2. The van der Waals surface area contributed by atoms with Gasteiger partial charge in [0.2, 0.25) is 0 Å². The molecular formula is C7H10N2O. The highest BCUT2D eigenvalue weighted by molar-refractivity contribution is 5.77. The van der Waals surface area contributed by atoms with Crippen LogP contribution in [0.1, 0.15) is 18.2 Å². The predicted molar refractivity (Wildman–Crippen MR) is 37.7 cm³/mol. The number of nitrogens with one attached hydrogen (secondary N) is 1. The first-order valence-corrected chi connectivity index (χ1v) is 3.19. The van der Waals surface area contributed by atoms with E-state index in [2.05, 4.69) is 10.2 Å². The lowest BCUT2D eigenvalue weighted by molar-refractivity contribution is -0.116. The Labute approximate surface area is 59.4 Å². The van der Waals surface area contributed by atoms with E-state index in [1.807, 2.05) is 6.92 Å². The molecule has 0 amide bonds. The van der Waals surface area contributed by atoms with Crippen molar-refractivity contribution >= 4 is 5.78 Å². The predicted octanol–water partition coefficient (Wildman–Crippen LogP) is 0.850. The summed E-state index contributed by atoms with van der Waals surface area (Å²) in [6.45, 7) is 3.50. The van der Waals surface area contributed by atoms with Gasteiger partial charge in [0, 0.05) is 6.20 Å². The van der Waals surface area contributed by atoms with E-state index < -0.39 is 0 Å². The molecule has 3 heteroatoms. The summed E-state index contributed by atoms with van der Waals surface area (Å²) in [6, 6.07) is 0. The molecule has 0 aliphatic rings. The molecule has 0 spiro atoms. The van der Waals surface area contributed by atoms with Crippen molar-refractivity contribution in [1.82, 2.24) is 10.2 Å². The number of aryl methyl sites for hydroxylation is 1. The first-order chi connectivity index (χ1) is 4.70. The van der Waals surface area contributed by atoms with Gasteiger partial charge >= 0.3 is 0 Å². The molecule has 1 rings (SSSR count). The van der Waals surface area contributed by atoms with Crippen LogP contribution in [-0.4, -0.2) is 16.0 Å². The van der Waals surface area contributed by atoms with Gasteiger partial charge in [-0.1, -0.05) is 0 Å². The molecule has 0 aliphatic carbocycles. The van der Waals surface area contributed by atoms with Gasteiger partial charge in [0.15, 0.2) is 0 Å². The third-order valence-electron chi connectivity index (χ3n) is 1.35. The average molecular weight is 138 g/mol. The second-order valence-corrected chi connectivity index (χ2v) is 2.39. The van der Waals surface area contributed by atoms with E-state index in [-0.39, 0.29) is 5.78 Å². The molecule has 0 saturated carbocycles. The van der Waals surface area contributed by atoms with Crippen LogP contribution in [0.3, 0.4) is 0 Å². The van der Waals surface area contributed by atoms with Crippen LogP contribution in [0.15, 0.2) is 6.20 Å². The Morgan fingerprint density at radius 2 is 2.50 bits per heavy atom. The maximum Gasteiger partial charge on any atom is 0.135 e. The lowest BCUT2D eigenvalue weighted by Gasteiger charge is -1.90. The second kappa shape index (κ2) is 2.64. The van der Waals surface area contributed by atoms with Crippen LogP contribution >= 0.6 is 0 Å². The van der Waals surface area contributed by atoms with Gasteiger partial charge in [-0.3, -0.25) is 9.89 Å². The van der Waals surface area contributed by atoms with E-state index in [1.54, 1.807) is 13.1 Å².